The fraction of sp³-hybridized carbons (Fsp3) is 0.400. The van der Waals surface area contributed by atoms with Gasteiger partial charge in [-0.2, -0.15) is 0 Å². The van der Waals surface area contributed by atoms with Crippen molar-refractivity contribution in [2.45, 2.75) is 58.3 Å². The van der Waals surface area contributed by atoms with Gasteiger partial charge in [0, 0.05) is 35.3 Å². The Morgan fingerprint density at radius 1 is 1.28 bits per heavy atom. The molecule has 1 aliphatic heterocycles. The van der Waals surface area contributed by atoms with Crippen molar-refractivity contribution in [2.75, 3.05) is 7.11 Å². The highest BCUT2D eigenvalue weighted by Crippen LogP contribution is 2.42. The highest BCUT2D eigenvalue weighted by atomic mass is 19.1. The summed E-state index contributed by atoms with van der Waals surface area (Å²) in [5.74, 6) is -0.277. The van der Waals surface area contributed by atoms with E-state index < -0.39 is 5.60 Å². The van der Waals surface area contributed by atoms with Crippen molar-refractivity contribution in [3.05, 3.63) is 61.7 Å². The van der Waals surface area contributed by atoms with E-state index in [4.69, 9.17) is 9.72 Å². The molecule has 1 aromatic carbocycles. The van der Waals surface area contributed by atoms with Crippen LogP contribution in [0.25, 0.3) is 22.3 Å². The number of fused-ring (bicyclic) bond motifs is 4. The van der Waals surface area contributed by atoms with Crippen molar-refractivity contribution in [1.82, 2.24) is 9.55 Å². The van der Waals surface area contributed by atoms with Gasteiger partial charge in [-0.05, 0) is 55.4 Å². The van der Waals surface area contributed by atoms with Crippen molar-refractivity contribution in [3.8, 4) is 11.4 Å². The van der Waals surface area contributed by atoms with Crippen LogP contribution < -0.4 is 5.56 Å². The Morgan fingerprint density at radius 2 is 2.03 bits per heavy atom. The number of aldehydes is 1. The van der Waals surface area contributed by atoms with Crippen molar-refractivity contribution in [2.24, 2.45) is 0 Å². The number of aromatic nitrogens is 2. The monoisotopic (exact) mass is 436 g/mol. The summed E-state index contributed by atoms with van der Waals surface area (Å²) in [6, 6.07) is 3.15. The maximum Gasteiger partial charge on any atom is 0.257 e. The Balaban J connectivity index is 1.85. The zero-order valence-corrected chi connectivity index (χ0v) is 18.4. The van der Waals surface area contributed by atoms with E-state index in [2.05, 4.69) is 0 Å². The minimum absolute atomic E-state index is 0.0161. The smallest absolute Gasteiger partial charge is 0.257 e. The largest absolute Gasteiger partial charge is 0.380 e. The summed E-state index contributed by atoms with van der Waals surface area (Å²) in [5.41, 5.74) is 3.90. The quantitative estimate of drug-likeness (QED) is 0.486. The van der Waals surface area contributed by atoms with E-state index in [0.29, 0.717) is 35.3 Å². The van der Waals surface area contributed by atoms with Gasteiger partial charge in [0.05, 0.1) is 30.1 Å². The van der Waals surface area contributed by atoms with Crippen LogP contribution in [0.4, 0.5) is 4.39 Å². The number of pyridine rings is 2. The van der Waals surface area contributed by atoms with Gasteiger partial charge in [0.25, 0.3) is 5.56 Å². The molecule has 6 nitrogen and oxygen atoms in total. The average Bonchev–Trinajstić information content (AvgIpc) is 3.17. The Morgan fingerprint density at radius 3 is 2.72 bits per heavy atom. The second-order valence-corrected chi connectivity index (χ2v) is 8.77. The first-order valence-corrected chi connectivity index (χ1v) is 10.9. The molecule has 2 aliphatic rings. The van der Waals surface area contributed by atoms with Crippen LogP contribution in [0.3, 0.4) is 0 Å². The molecule has 1 N–H and O–H groups in total. The van der Waals surface area contributed by atoms with Crippen LogP contribution in [0.2, 0.25) is 0 Å². The standard InChI is InChI=1S/C25H25FN2O4/c1-4-25(31,12-29)18-8-21-23-16(10-28(21)24(30)17(18)11-32-3)15-7-5-6-14-13(2)19(26)9-20(27-23)22(14)15/h8-9,12,31H,4-7,10-11H2,1-3H3. The number of benzene rings is 1. The predicted molar refractivity (Wildman–Crippen MR) is 118 cm³/mol. The molecule has 1 aliphatic carbocycles. The average molecular weight is 436 g/mol. The maximum absolute atomic E-state index is 14.6. The zero-order chi connectivity index (χ0) is 22.8. The molecule has 2 aromatic heterocycles. The van der Waals surface area contributed by atoms with Crippen molar-refractivity contribution < 1.29 is 19.0 Å². The van der Waals surface area contributed by atoms with Crippen LogP contribution in [0, 0.1) is 12.7 Å². The van der Waals surface area contributed by atoms with Crippen LogP contribution in [0.5, 0.6) is 0 Å². The third-order valence-electron chi connectivity index (χ3n) is 7.12. The van der Waals surface area contributed by atoms with Gasteiger partial charge in [0.15, 0.2) is 6.29 Å². The van der Waals surface area contributed by atoms with Crippen molar-refractivity contribution >= 4 is 17.2 Å². The highest BCUT2D eigenvalue weighted by molar-refractivity contribution is 5.92. The number of methoxy groups -OCH3 is 1. The SMILES string of the molecule is CCC(O)(C=O)c1cc2n(c(=O)c1COC)Cc1c-2nc2cc(F)c(C)c3c2c1CCC3. The van der Waals surface area contributed by atoms with Gasteiger partial charge in [-0.25, -0.2) is 9.37 Å². The molecule has 1 atom stereocenters. The number of rotatable bonds is 5. The van der Waals surface area contributed by atoms with Crippen molar-refractivity contribution in [3.63, 3.8) is 0 Å². The number of hydrogen-bond donors (Lipinski definition) is 1. The van der Waals surface area contributed by atoms with Crippen LogP contribution in [-0.2, 0) is 41.1 Å². The Hall–Kier alpha value is -2.90. The second-order valence-electron chi connectivity index (χ2n) is 8.77. The molecule has 0 spiro atoms. The Kier molecular flexibility index (Phi) is 4.80. The van der Waals surface area contributed by atoms with E-state index in [9.17, 15) is 19.1 Å². The van der Waals surface area contributed by atoms with Gasteiger partial charge in [-0.1, -0.05) is 6.92 Å². The molecule has 3 heterocycles. The Labute approximate surface area is 184 Å². The molecule has 32 heavy (non-hydrogen) atoms. The first-order chi connectivity index (χ1) is 15.3. The topological polar surface area (TPSA) is 81.4 Å². The number of ether oxygens (including phenoxy) is 1. The minimum atomic E-state index is -1.80. The van der Waals surface area contributed by atoms with E-state index in [1.165, 1.54) is 13.2 Å². The number of nitrogens with zero attached hydrogens (tertiary/aromatic N) is 2. The van der Waals surface area contributed by atoms with Gasteiger partial charge in [-0.3, -0.25) is 9.59 Å². The van der Waals surface area contributed by atoms with E-state index >= 15 is 0 Å². The zero-order valence-electron chi connectivity index (χ0n) is 18.4. The van der Waals surface area contributed by atoms with E-state index in [0.717, 1.165) is 41.3 Å². The molecule has 3 aromatic rings. The van der Waals surface area contributed by atoms with E-state index in [1.54, 1.807) is 24.5 Å². The van der Waals surface area contributed by atoms with Crippen LogP contribution in [0.1, 0.15) is 53.1 Å². The fourth-order valence-electron chi connectivity index (χ4n) is 5.31. The predicted octanol–water partition coefficient (Wildman–Crippen LogP) is 3.30. The molecule has 5 rings (SSSR count). The van der Waals surface area contributed by atoms with E-state index in [-0.39, 0.29) is 35.5 Å². The van der Waals surface area contributed by atoms with Gasteiger partial charge < -0.3 is 14.4 Å². The molecular weight excluding hydrogens is 411 g/mol. The van der Waals surface area contributed by atoms with Gasteiger partial charge in [0.2, 0.25) is 0 Å². The molecule has 0 saturated heterocycles. The number of aliphatic hydroxyl groups is 1. The van der Waals surface area contributed by atoms with Gasteiger partial charge in [0.1, 0.15) is 11.4 Å². The van der Waals surface area contributed by atoms with Crippen LogP contribution in [0.15, 0.2) is 16.9 Å². The Bertz CT molecular complexity index is 1360. The third kappa shape index (κ3) is 2.74. The molecule has 0 amide bonds. The molecule has 0 bridgehead atoms. The molecule has 0 saturated carbocycles. The molecule has 1 unspecified atom stereocenters. The maximum atomic E-state index is 14.6. The second kappa shape index (κ2) is 7.32. The van der Waals surface area contributed by atoms with Gasteiger partial charge >= 0.3 is 0 Å². The van der Waals surface area contributed by atoms with Crippen LogP contribution in [-0.4, -0.2) is 28.1 Å². The summed E-state index contributed by atoms with van der Waals surface area (Å²) in [7, 11) is 1.47. The fourth-order valence-corrected chi connectivity index (χ4v) is 5.31. The lowest BCUT2D eigenvalue weighted by molar-refractivity contribution is -0.125. The summed E-state index contributed by atoms with van der Waals surface area (Å²) in [6.07, 6.45) is 3.15. The number of carbonyl (C=O) groups excluding carboxylic acids is 1. The van der Waals surface area contributed by atoms with Crippen LogP contribution >= 0.6 is 0 Å². The number of aryl methyl sites for hydroxylation is 2. The highest BCUT2D eigenvalue weighted by Gasteiger charge is 2.36. The lowest BCUT2D eigenvalue weighted by Gasteiger charge is -2.24. The summed E-state index contributed by atoms with van der Waals surface area (Å²) < 4.78 is 21.5. The summed E-state index contributed by atoms with van der Waals surface area (Å²) in [6.45, 7) is 3.84. The molecule has 7 heteroatoms. The summed E-state index contributed by atoms with van der Waals surface area (Å²) in [4.78, 5) is 30.1. The van der Waals surface area contributed by atoms with Gasteiger partial charge in [-0.15, -0.1) is 0 Å². The lowest BCUT2D eigenvalue weighted by Crippen LogP contribution is -2.34. The number of halogens is 1. The number of carbonyl (C=O) groups is 1. The van der Waals surface area contributed by atoms with Crippen molar-refractivity contribution in [1.29, 1.82) is 0 Å². The minimum Gasteiger partial charge on any atom is -0.380 e. The molecule has 166 valence electrons. The normalized spacial score (nSPS) is 16.0. The lowest BCUT2D eigenvalue weighted by atomic mass is 9.84. The molecule has 0 fully saturated rings. The molecular formula is C25H25FN2O4. The first kappa shape index (κ1) is 21.0. The van der Waals surface area contributed by atoms with E-state index in [1.807, 2.05) is 0 Å². The molecule has 0 radical (unpaired) electrons. The summed E-state index contributed by atoms with van der Waals surface area (Å²) >= 11 is 0. The third-order valence-corrected chi connectivity index (χ3v) is 7.12. The number of hydrogen-bond acceptors (Lipinski definition) is 5. The summed E-state index contributed by atoms with van der Waals surface area (Å²) in [5, 5.41) is 12.0. The first-order valence-electron chi connectivity index (χ1n) is 10.9.